The highest BCUT2D eigenvalue weighted by molar-refractivity contribution is 5.34. The molecule has 0 radical (unpaired) electrons. The average molecular weight is 234 g/mol. The van der Waals surface area contributed by atoms with Gasteiger partial charge in [0.15, 0.2) is 0 Å². The molecule has 0 aliphatic rings. The molecule has 5 heteroatoms. The summed E-state index contributed by atoms with van der Waals surface area (Å²) >= 11 is 0. The predicted octanol–water partition coefficient (Wildman–Crippen LogP) is 1.48. The first-order chi connectivity index (χ1) is 7.86. The Kier molecular flexibility index (Phi) is 4.02. The van der Waals surface area contributed by atoms with E-state index in [1.165, 1.54) is 0 Å². The summed E-state index contributed by atoms with van der Waals surface area (Å²) in [6.07, 6.45) is 0. The van der Waals surface area contributed by atoms with Gasteiger partial charge >= 0.3 is 0 Å². The summed E-state index contributed by atoms with van der Waals surface area (Å²) in [4.78, 5) is 8.26. The Hall–Kier alpha value is -1.67. The molecule has 0 saturated carbocycles. The number of hydrogen-bond acceptors (Lipinski definition) is 5. The van der Waals surface area contributed by atoms with Crippen LogP contribution in [0.3, 0.4) is 0 Å². The van der Waals surface area contributed by atoms with Crippen molar-refractivity contribution in [2.45, 2.75) is 33.7 Å². The molecule has 0 unspecified atom stereocenters. The second kappa shape index (κ2) is 5.11. The monoisotopic (exact) mass is 234 g/mol. The van der Waals surface area contributed by atoms with E-state index in [4.69, 9.17) is 5.26 Å². The first-order valence-electron chi connectivity index (χ1n) is 5.50. The molecule has 5 nitrogen and oxygen atoms in total. The average Bonchev–Trinajstić information content (AvgIpc) is 2.23. The number of aliphatic hydroxyl groups excluding tert-OH is 1. The minimum Gasteiger partial charge on any atom is -0.394 e. The number of aromatic nitrogens is 2. The molecule has 0 spiro atoms. The summed E-state index contributed by atoms with van der Waals surface area (Å²) in [5.41, 5.74) is 0.935. The van der Waals surface area contributed by atoms with Crippen molar-refractivity contribution in [2.24, 2.45) is 5.41 Å². The maximum atomic E-state index is 9.34. The number of rotatable bonds is 3. The van der Waals surface area contributed by atoms with Crippen LogP contribution in [-0.2, 0) is 0 Å². The Balaban J connectivity index is 2.95. The van der Waals surface area contributed by atoms with Crippen LogP contribution >= 0.6 is 0 Å². The summed E-state index contributed by atoms with van der Waals surface area (Å²) in [6, 6.07) is 3.45. The van der Waals surface area contributed by atoms with E-state index in [0.29, 0.717) is 11.6 Å². The molecule has 1 rings (SSSR count). The van der Waals surface area contributed by atoms with Gasteiger partial charge in [0.1, 0.15) is 11.8 Å². The van der Waals surface area contributed by atoms with Crippen LogP contribution in [0.15, 0.2) is 6.07 Å². The zero-order valence-corrected chi connectivity index (χ0v) is 10.7. The Morgan fingerprint density at radius 1 is 1.47 bits per heavy atom. The minimum absolute atomic E-state index is 0.0112. The van der Waals surface area contributed by atoms with Gasteiger partial charge in [-0.3, -0.25) is 0 Å². The minimum atomic E-state index is -0.157. The van der Waals surface area contributed by atoms with Crippen LogP contribution in [0.25, 0.3) is 0 Å². The fraction of sp³-hybridized carbons (Fsp3) is 0.583. The quantitative estimate of drug-likeness (QED) is 0.827. The third-order valence-corrected chi connectivity index (χ3v) is 2.50. The van der Waals surface area contributed by atoms with Crippen molar-refractivity contribution in [1.82, 2.24) is 9.97 Å². The second-order valence-electron chi connectivity index (χ2n) is 5.08. The van der Waals surface area contributed by atoms with Crippen molar-refractivity contribution in [3.05, 3.63) is 17.5 Å². The maximum absolute atomic E-state index is 9.34. The third kappa shape index (κ3) is 3.68. The van der Waals surface area contributed by atoms with Crippen molar-refractivity contribution >= 4 is 5.95 Å². The number of aryl methyl sites for hydroxylation is 1. The van der Waals surface area contributed by atoms with Crippen LogP contribution in [0.2, 0.25) is 0 Å². The van der Waals surface area contributed by atoms with E-state index in [1.807, 2.05) is 26.8 Å². The molecule has 0 bridgehead atoms. The van der Waals surface area contributed by atoms with Crippen LogP contribution in [0.4, 0.5) is 5.95 Å². The number of nitriles is 1. The topological polar surface area (TPSA) is 81.8 Å². The summed E-state index contributed by atoms with van der Waals surface area (Å²) in [5, 5.41) is 21.2. The highest BCUT2D eigenvalue weighted by atomic mass is 16.3. The van der Waals surface area contributed by atoms with Gasteiger partial charge in [-0.05, 0) is 18.4 Å². The molecule has 2 N–H and O–H groups in total. The first kappa shape index (κ1) is 13.4. The van der Waals surface area contributed by atoms with Gasteiger partial charge in [-0.1, -0.05) is 20.8 Å². The normalized spacial score (nSPS) is 12.9. The molecule has 17 heavy (non-hydrogen) atoms. The van der Waals surface area contributed by atoms with Gasteiger partial charge in [0.05, 0.1) is 12.6 Å². The molecule has 0 saturated heterocycles. The fourth-order valence-electron chi connectivity index (χ4n) is 1.38. The van der Waals surface area contributed by atoms with Crippen LogP contribution in [0.5, 0.6) is 0 Å². The molecular weight excluding hydrogens is 216 g/mol. The molecule has 1 aromatic rings. The van der Waals surface area contributed by atoms with Crippen molar-refractivity contribution in [3.8, 4) is 6.07 Å². The smallest absolute Gasteiger partial charge is 0.224 e. The maximum Gasteiger partial charge on any atom is 0.224 e. The van der Waals surface area contributed by atoms with Gasteiger partial charge < -0.3 is 10.4 Å². The van der Waals surface area contributed by atoms with E-state index in [2.05, 4.69) is 15.3 Å². The second-order valence-corrected chi connectivity index (χ2v) is 5.08. The van der Waals surface area contributed by atoms with Crippen LogP contribution < -0.4 is 5.32 Å². The summed E-state index contributed by atoms with van der Waals surface area (Å²) in [6.45, 7) is 7.84. The number of nitrogens with one attached hydrogen (secondary N) is 1. The number of nitrogens with zero attached hydrogens (tertiary/aromatic N) is 3. The van der Waals surface area contributed by atoms with Crippen molar-refractivity contribution in [1.29, 1.82) is 5.26 Å². The molecule has 1 atom stereocenters. The number of hydrogen-bond donors (Lipinski definition) is 2. The van der Waals surface area contributed by atoms with Crippen LogP contribution in [0, 0.1) is 23.7 Å². The van der Waals surface area contributed by atoms with E-state index in [1.54, 1.807) is 13.0 Å². The van der Waals surface area contributed by atoms with Gasteiger partial charge in [0.2, 0.25) is 5.95 Å². The van der Waals surface area contributed by atoms with E-state index in [9.17, 15) is 5.11 Å². The van der Waals surface area contributed by atoms with Gasteiger partial charge in [-0.25, -0.2) is 9.97 Å². The molecular formula is C12H18N4O. The van der Waals surface area contributed by atoms with Gasteiger partial charge in [-0.2, -0.15) is 5.26 Å². The Morgan fingerprint density at radius 2 is 2.12 bits per heavy atom. The molecule has 1 heterocycles. The lowest BCUT2D eigenvalue weighted by Gasteiger charge is -2.29. The Bertz CT molecular complexity index is 431. The highest BCUT2D eigenvalue weighted by Gasteiger charge is 2.24. The van der Waals surface area contributed by atoms with Crippen molar-refractivity contribution < 1.29 is 5.11 Å². The summed E-state index contributed by atoms with van der Waals surface area (Å²) in [7, 11) is 0. The molecule has 0 amide bonds. The lowest BCUT2D eigenvalue weighted by Crippen LogP contribution is -2.37. The van der Waals surface area contributed by atoms with Crippen molar-refractivity contribution in [2.75, 3.05) is 11.9 Å². The fourth-order valence-corrected chi connectivity index (χ4v) is 1.38. The zero-order chi connectivity index (χ0) is 13.1. The Morgan fingerprint density at radius 3 is 2.59 bits per heavy atom. The van der Waals surface area contributed by atoms with Gasteiger partial charge in [0.25, 0.3) is 0 Å². The molecule has 0 aliphatic heterocycles. The van der Waals surface area contributed by atoms with Crippen molar-refractivity contribution in [3.63, 3.8) is 0 Å². The van der Waals surface area contributed by atoms with Gasteiger partial charge in [-0.15, -0.1) is 0 Å². The van der Waals surface area contributed by atoms with E-state index in [-0.39, 0.29) is 18.1 Å². The third-order valence-electron chi connectivity index (χ3n) is 2.50. The molecule has 0 fully saturated rings. The number of anilines is 1. The zero-order valence-electron chi connectivity index (χ0n) is 10.7. The Labute approximate surface area is 102 Å². The summed E-state index contributed by atoms with van der Waals surface area (Å²) < 4.78 is 0. The SMILES string of the molecule is Cc1cc(C#N)nc(N[C@H](CO)C(C)(C)C)n1. The standard InChI is InChI=1S/C12H18N4O/c1-8-5-9(6-13)15-11(14-8)16-10(7-17)12(2,3)4/h5,10,17H,7H2,1-4H3,(H,14,15,16)/t10-/m1/s1. The van der Waals surface area contributed by atoms with Crippen LogP contribution in [0.1, 0.15) is 32.2 Å². The van der Waals surface area contributed by atoms with E-state index < -0.39 is 0 Å². The van der Waals surface area contributed by atoms with Crippen LogP contribution in [-0.4, -0.2) is 27.7 Å². The molecule has 92 valence electrons. The lowest BCUT2D eigenvalue weighted by atomic mass is 9.87. The predicted molar refractivity (Wildman–Crippen MR) is 65.4 cm³/mol. The molecule has 0 aliphatic carbocycles. The largest absolute Gasteiger partial charge is 0.394 e. The molecule has 1 aromatic heterocycles. The first-order valence-corrected chi connectivity index (χ1v) is 5.50. The number of aliphatic hydroxyl groups is 1. The molecule has 0 aromatic carbocycles. The highest BCUT2D eigenvalue weighted by Crippen LogP contribution is 2.21. The lowest BCUT2D eigenvalue weighted by molar-refractivity contribution is 0.201. The van der Waals surface area contributed by atoms with E-state index >= 15 is 0 Å². The van der Waals surface area contributed by atoms with Gasteiger partial charge in [0, 0.05) is 5.69 Å². The van der Waals surface area contributed by atoms with E-state index in [0.717, 1.165) is 5.69 Å². The summed E-state index contributed by atoms with van der Waals surface area (Å²) in [5.74, 6) is 0.385.